The molecule has 6 heteroatoms. The number of carboxylic acids is 1. The molecule has 0 aliphatic heterocycles. The molecule has 0 bridgehead atoms. The minimum absolute atomic E-state index is 0.0969. The molecular formula is C19H18N2O3S. The zero-order valence-corrected chi connectivity index (χ0v) is 14.5. The number of aromatic amines is 1. The van der Waals surface area contributed by atoms with Crippen molar-refractivity contribution in [2.45, 2.75) is 38.5 Å². The van der Waals surface area contributed by atoms with E-state index in [2.05, 4.69) is 9.97 Å². The lowest BCUT2D eigenvalue weighted by molar-refractivity contribution is 0.0697. The third kappa shape index (κ3) is 2.98. The first-order chi connectivity index (χ1) is 12.1. The maximum absolute atomic E-state index is 12.7. The quantitative estimate of drug-likeness (QED) is 0.728. The third-order valence-electron chi connectivity index (χ3n) is 4.73. The second-order valence-corrected chi connectivity index (χ2v) is 7.48. The van der Waals surface area contributed by atoms with Crippen LogP contribution in [0.1, 0.15) is 46.5 Å². The zero-order valence-electron chi connectivity index (χ0n) is 13.7. The predicted octanol–water partition coefficient (Wildman–Crippen LogP) is 4.01. The fraction of sp³-hybridized carbons (Fsp3) is 0.316. The molecule has 2 heterocycles. The summed E-state index contributed by atoms with van der Waals surface area (Å²) in [5.41, 5.74) is 2.01. The molecule has 2 aromatic heterocycles. The van der Waals surface area contributed by atoms with Crippen LogP contribution in [-0.2, 0) is 12.8 Å². The molecule has 1 aromatic carbocycles. The first kappa shape index (κ1) is 16.0. The van der Waals surface area contributed by atoms with Crippen LogP contribution in [-0.4, -0.2) is 21.0 Å². The van der Waals surface area contributed by atoms with Crippen molar-refractivity contribution in [3.63, 3.8) is 0 Å². The number of aryl methyl sites for hydroxylation is 2. The van der Waals surface area contributed by atoms with Crippen molar-refractivity contribution in [2.24, 2.45) is 0 Å². The normalized spacial score (nSPS) is 14.7. The molecule has 1 aliphatic rings. The summed E-state index contributed by atoms with van der Waals surface area (Å²) in [4.78, 5) is 33.3. The van der Waals surface area contributed by atoms with Crippen LogP contribution in [0.5, 0.6) is 0 Å². The molecule has 128 valence electrons. The number of fused-ring (bicyclic) bond motifs is 3. The fourth-order valence-corrected chi connectivity index (χ4v) is 4.69. The van der Waals surface area contributed by atoms with E-state index in [-0.39, 0.29) is 11.1 Å². The van der Waals surface area contributed by atoms with Gasteiger partial charge in [0, 0.05) is 10.4 Å². The molecule has 0 fully saturated rings. The van der Waals surface area contributed by atoms with Gasteiger partial charge in [0.2, 0.25) is 0 Å². The highest BCUT2D eigenvalue weighted by Crippen LogP contribution is 2.33. The van der Waals surface area contributed by atoms with Crippen LogP contribution in [0.15, 0.2) is 29.1 Å². The summed E-state index contributed by atoms with van der Waals surface area (Å²) in [7, 11) is 0. The number of hydrogen-bond acceptors (Lipinski definition) is 4. The van der Waals surface area contributed by atoms with Crippen molar-refractivity contribution >= 4 is 27.5 Å². The van der Waals surface area contributed by atoms with Gasteiger partial charge in [-0.15, -0.1) is 11.3 Å². The molecule has 0 radical (unpaired) electrons. The first-order valence-electron chi connectivity index (χ1n) is 8.52. The monoisotopic (exact) mass is 354 g/mol. The van der Waals surface area contributed by atoms with Gasteiger partial charge in [-0.3, -0.25) is 4.79 Å². The second kappa shape index (κ2) is 6.44. The molecule has 0 saturated carbocycles. The Labute approximate surface area is 148 Å². The number of thiophene rings is 1. The number of rotatable bonds is 2. The summed E-state index contributed by atoms with van der Waals surface area (Å²) in [5, 5.41) is 9.74. The maximum atomic E-state index is 12.7. The molecule has 0 saturated heterocycles. The molecule has 2 N–H and O–H groups in total. The van der Waals surface area contributed by atoms with E-state index in [0.29, 0.717) is 11.4 Å². The lowest BCUT2D eigenvalue weighted by Crippen LogP contribution is -2.10. The van der Waals surface area contributed by atoms with Crippen molar-refractivity contribution in [1.29, 1.82) is 0 Å². The minimum Gasteiger partial charge on any atom is -0.478 e. The molecule has 4 rings (SSSR count). The molecular weight excluding hydrogens is 336 g/mol. The number of benzene rings is 1. The Kier molecular flexibility index (Phi) is 4.13. The Hall–Kier alpha value is -2.47. The van der Waals surface area contributed by atoms with Crippen LogP contribution in [0.2, 0.25) is 0 Å². The number of carbonyl (C=O) groups is 1. The third-order valence-corrected chi connectivity index (χ3v) is 5.92. The standard InChI is InChI=1S/C19H18N2O3S/c22-17-15-13-5-3-1-2-4-6-14(13)25-18(15)21-16(20-17)11-7-9-12(10-8-11)19(23)24/h7-10H,1-6H2,(H,23,24)(H,20,21,22). The van der Waals surface area contributed by atoms with Crippen LogP contribution in [0.3, 0.4) is 0 Å². The minimum atomic E-state index is -0.971. The summed E-state index contributed by atoms with van der Waals surface area (Å²) in [6.07, 6.45) is 6.73. The van der Waals surface area contributed by atoms with Crippen LogP contribution in [0.4, 0.5) is 0 Å². The summed E-state index contributed by atoms with van der Waals surface area (Å²) in [5.74, 6) is -0.481. The number of nitrogens with one attached hydrogen (secondary N) is 1. The van der Waals surface area contributed by atoms with Gasteiger partial charge in [0.1, 0.15) is 10.7 Å². The first-order valence-corrected chi connectivity index (χ1v) is 9.33. The van der Waals surface area contributed by atoms with Crippen LogP contribution >= 0.6 is 11.3 Å². The average molecular weight is 354 g/mol. The van der Waals surface area contributed by atoms with Crippen molar-refractivity contribution in [1.82, 2.24) is 9.97 Å². The van der Waals surface area contributed by atoms with Gasteiger partial charge in [-0.25, -0.2) is 9.78 Å². The van der Waals surface area contributed by atoms with Crippen molar-refractivity contribution in [2.75, 3.05) is 0 Å². The molecule has 0 unspecified atom stereocenters. The lowest BCUT2D eigenvalue weighted by atomic mass is 9.98. The summed E-state index contributed by atoms with van der Waals surface area (Å²) in [6, 6.07) is 6.40. The van der Waals surface area contributed by atoms with E-state index < -0.39 is 5.97 Å². The van der Waals surface area contributed by atoms with Crippen LogP contribution in [0.25, 0.3) is 21.6 Å². The van der Waals surface area contributed by atoms with Crippen LogP contribution < -0.4 is 5.56 Å². The molecule has 0 atom stereocenters. The molecule has 0 spiro atoms. The van der Waals surface area contributed by atoms with Gasteiger partial charge in [0.15, 0.2) is 0 Å². The SMILES string of the molecule is O=C(O)c1ccc(-c2nc3sc4c(c3c(=O)[nH]2)CCCCCC4)cc1. The lowest BCUT2D eigenvalue weighted by Gasteiger charge is -2.08. The van der Waals surface area contributed by atoms with E-state index in [1.807, 2.05) is 0 Å². The van der Waals surface area contributed by atoms with Crippen molar-refractivity contribution in [3.8, 4) is 11.4 Å². The Morgan fingerprint density at radius 3 is 2.52 bits per heavy atom. The van der Waals surface area contributed by atoms with E-state index in [4.69, 9.17) is 5.11 Å². The highest BCUT2D eigenvalue weighted by atomic mass is 32.1. The van der Waals surface area contributed by atoms with E-state index in [9.17, 15) is 9.59 Å². The Morgan fingerprint density at radius 1 is 1.08 bits per heavy atom. The number of aromatic carboxylic acids is 1. The summed E-state index contributed by atoms with van der Waals surface area (Å²) >= 11 is 1.63. The molecule has 0 amide bonds. The van der Waals surface area contributed by atoms with Gasteiger partial charge in [-0.05, 0) is 43.4 Å². The Bertz CT molecular complexity index is 1000. The Morgan fingerprint density at radius 2 is 1.80 bits per heavy atom. The number of aromatic nitrogens is 2. The van der Waals surface area contributed by atoms with E-state index in [0.717, 1.165) is 29.5 Å². The van der Waals surface area contributed by atoms with Crippen molar-refractivity contribution in [3.05, 3.63) is 50.6 Å². The van der Waals surface area contributed by atoms with E-state index in [1.165, 1.54) is 41.8 Å². The smallest absolute Gasteiger partial charge is 0.335 e. The molecule has 25 heavy (non-hydrogen) atoms. The van der Waals surface area contributed by atoms with Crippen molar-refractivity contribution < 1.29 is 9.90 Å². The molecule has 5 nitrogen and oxygen atoms in total. The second-order valence-electron chi connectivity index (χ2n) is 6.40. The largest absolute Gasteiger partial charge is 0.478 e. The van der Waals surface area contributed by atoms with E-state index >= 15 is 0 Å². The Balaban J connectivity index is 1.82. The fourth-order valence-electron chi connectivity index (χ4n) is 3.42. The average Bonchev–Trinajstić information content (AvgIpc) is 2.92. The highest BCUT2D eigenvalue weighted by molar-refractivity contribution is 7.18. The number of H-pyrrole nitrogens is 1. The van der Waals surface area contributed by atoms with Gasteiger partial charge in [-0.2, -0.15) is 0 Å². The maximum Gasteiger partial charge on any atom is 0.335 e. The van der Waals surface area contributed by atoms with Gasteiger partial charge in [0.05, 0.1) is 10.9 Å². The van der Waals surface area contributed by atoms with Gasteiger partial charge < -0.3 is 10.1 Å². The predicted molar refractivity (Wildman–Crippen MR) is 98.5 cm³/mol. The zero-order chi connectivity index (χ0) is 17.4. The number of hydrogen-bond donors (Lipinski definition) is 2. The van der Waals surface area contributed by atoms with E-state index in [1.54, 1.807) is 23.5 Å². The molecule has 1 aliphatic carbocycles. The number of carboxylic acid groups (broad SMARTS) is 1. The van der Waals surface area contributed by atoms with Crippen LogP contribution in [0, 0.1) is 0 Å². The summed E-state index contributed by atoms with van der Waals surface area (Å²) < 4.78 is 0. The molecule has 3 aromatic rings. The highest BCUT2D eigenvalue weighted by Gasteiger charge is 2.18. The topological polar surface area (TPSA) is 83.0 Å². The van der Waals surface area contributed by atoms with Gasteiger partial charge in [-0.1, -0.05) is 25.0 Å². The summed E-state index contributed by atoms with van der Waals surface area (Å²) in [6.45, 7) is 0. The number of nitrogens with zero attached hydrogens (tertiary/aromatic N) is 1. The van der Waals surface area contributed by atoms with Gasteiger partial charge >= 0.3 is 5.97 Å². The van der Waals surface area contributed by atoms with Gasteiger partial charge in [0.25, 0.3) is 5.56 Å².